The van der Waals surface area contributed by atoms with Crippen LogP contribution in [0.15, 0.2) is 23.4 Å². The number of nitrogens with two attached hydrogens (primary N) is 2. The molecule has 1 unspecified atom stereocenters. The molecule has 0 fully saturated rings. The SMILES string of the molecule is COC1(N)C=CC(CO)=C(N)C1. The van der Waals surface area contributed by atoms with Gasteiger partial charge in [0.2, 0.25) is 0 Å². The number of hydrogen-bond donors (Lipinski definition) is 3. The van der Waals surface area contributed by atoms with Crippen molar-refractivity contribution in [3.63, 3.8) is 0 Å². The average molecular weight is 170 g/mol. The van der Waals surface area contributed by atoms with Gasteiger partial charge in [-0.2, -0.15) is 0 Å². The van der Waals surface area contributed by atoms with Crippen molar-refractivity contribution >= 4 is 0 Å². The zero-order valence-electron chi connectivity index (χ0n) is 7.08. The molecular weight excluding hydrogens is 156 g/mol. The van der Waals surface area contributed by atoms with Crippen molar-refractivity contribution in [2.75, 3.05) is 13.7 Å². The third-order valence-corrected chi connectivity index (χ3v) is 2.00. The lowest BCUT2D eigenvalue weighted by Gasteiger charge is -2.28. The molecular formula is C8H14N2O2. The summed E-state index contributed by atoms with van der Waals surface area (Å²) in [6, 6.07) is 0. The molecule has 0 aromatic heterocycles. The van der Waals surface area contributed by atoms with Crippen LogP contribution in [-0.2, 0) is 4.74 Å². The summed E-state index contributed by atoms with van der Waals surface area (Å²) in [4.78, 5) is 0. The van der Waals surface area contributed by atoms with Crippen LogP contribution >= 0.6 is 0 Å². The minimum absolute atomic E-state index is 0.0534. The molecule has 0 aliphatic heterocycles. The number of rotatable bonds is 2. The highest BCUT2D eigenvalue weighted by molar-refractivity contribution is 5.32. The predicted molar refractivity (Wildman–Crippen MR) is 46.0 cm³/mol. The molecule has 0 aromatic carbocycles. The highest BCUT2D eigenvalue weighted by Crippen LogP contribution is 2.22. The number of aliphatic hydroxyl groups excluding tert-OH is 1. The van der Waals surface area contributed by atoms with Crippen LogP contribution in [0.2, 0.25) is 0 Å². The second kappa shape index (κ2) is 3.26. The van der Waals surface area contributed by atoms with Crippen LogP contribution in [0.4, 0.5) is 0 Å². The van der Waals surface area contributed by atoms with Gasteiger partial charge in [0, 0.05) is 19.2 Å². The maximum Gasteiger partial charge on any atom is 0.141 e. The van der Waals surface area contributed by atoms with Gasteiger partial charge >= 0.3 is 0 Å². The Labute approximate surface area is 71.5 Å². The van der Waals surface area contributed by atoms with E-state index in [-0.39, 0.29) is 6.61 Å². The van der Waals surface area contributed by atoms with Gasteiger partial charge in [-0.3, -0.25) is 5.73 Å². The molecule has 0 bridgehead atoms. The first-order valence-electron chi connectivity index (χ1n) is 3.73. The third kappa shape index (κ3) is 1.66. The predicted octanol–water partition coefficient (Wildman–Crippen LogP) is -0.547. The Morgan fingerprint density at radius 3 is 2.83 bits per heavy atom. The van der Waals surface area contributed by atoms with Crippen LogP contribution in [0, 0.1) is 0 Å². The molecule has 0 saturated carbocycles. The van der Waals surface area contributed by atoms with Gasteiger partial charge in [0.1, 0.15) is 5.72 Å². The Balaban J connectivity index is 2.81. The maximum absolute atomic E-state index is 8.83. The van der Waals surface area contributed by atoms with Gasteiger partial charge in [-0.05, 0) is 11.6 Å². The molecule has 0 spiro atoms. The summed E-state index contributed by atoms with van der Waals surface area (Å²) < 4.78 is 5.04. The van der Waals surface area contributed by atoms with Gasteiger partial charge in [-0.25, -0.2) is 0 Å². The Morgan fingerprint density at radius 2 is 2.42 bits per heavy atom. The van der Waals surface area contributed by atoms with Crippen LogP contribution in [0.3, 0.4) is 0 Å². The van der Waals surface area contributed by atoms with Crippen LogP contribution < -0.4 is 11.5 Å². The van der Waals surface area contributed by atoms with E-state index in [4.69, 9.17) is 21.3 Å². The van der Waals surface area contributed by atoms with E-state index in [9.17, 15) is 0 Å². The molecule has 12 heavy (non-hydrogen) atoms. The largest absolute Gasteiger partial charge is 0.402 e. The lowest BCUT2D eigenvalue weighted by Crippen LogP contribution is -2.42. The first-order valence-corrected chi connectivity index (χ1v) is 3.73. The van der Waals surface area contributed by atoms with Crippen LogP contribution in [-0.4, -0.2) is 24.5 Å². The summed E-state index contributed by atoms with van der Waals surface area (Å²) in [6.45, 7) is -0.0534. The van der Waals surface area contributed by atoms with Crippen LogP contribution in [0.25, 0.3) is 0 Å². The number of methoxy groups -OCH3 is 1. The minimum atomic E-state index is -0.803. The first kappa shape index (κ1) is 9.25. The standard InChI is InChI=1S/C8H14N2O2/c1-12-8(10)3-2-6(5-11)7(9)4-8/h2-3,11H,4-5,9-10H2,1H3. The molecule has 4 heteroatoms. The van der Waals surface area contributed by atoms with E-state index < -0.39 is 5.72 Å². The van der Waals surface area contributed by atoms with Gasteiger partial charge in [-0.15, -0.1) is 0 Å². The second-order valence-electron chi connectivity index (χ2n) is 2.88. The van der Waals surface area contributed by atoms with Gasteiger partial charge in [0.15, 0.2) is 0 Å². The zero-order chi connectivity index (χ0) is 9.19. The van der Waals surface area contributed by atoms with E-state index in [1.54, 1.807) is 12.2 Å². The quantitative estimate of drug-likeness (QED) is 0.486. The summed E-state index contributed by atoms with van der Waals surface area (Å²) in [6.07, 6.45) is 3.83. The molecule has 0 radical (unpaired) electrons. The fourth-order valence-corrected chi connectivity index (χ4v) is 1.11. The van der Waals surface area contributed by atoms with E-state index in [2.05, 4.69) is 0 Å². The highest BCUT2D eigenvalue weighted by Gasteiger charge is 2.25. The minimum Gasteiger partial charge on any atom is -0.402 e. The zero-order valence-corrected chi connectivity index (χ0v) is 7.08. The average Bonchev–Trinajstić information content (AvgIpc) is 2.05. The van der Waals surface area contributed by atoms with Gasteiger partial charge in [-0.1, -0.05) is 6.08 Å². The molecule has 0 amide bonds. The lowest BCUT2D eigenvalue weighted by molar-refractivity contribution is 0.0362. The molecule has 1 atom stereocenters. The van der Waals surface area contributed by atoms with E-state index in [1.807, 2.05) is 0 Å². The first-order chi connectivity index (χ1) is 5.61. The summed E-state index contributed by atoms with van der Waals surface area (Å²) in [5.74, 6) is 0. The number of hydrogen-bond acceptors (Lipinski definition) is 4. The fraction of sp³-hybridized carbons (Fsp3) is 0.500. The molecule has 0 saturated heterocycles. The van der Waals surface area contributed by atoms with Crippen molar-refractivity contribution in [3.8, 4) is 0 Å². The summed E-state index contributed by atoms with van der Waals surface area (Å²) in [7, 11) is 1.53. The molecule has 68 valence electrons. The molecule has 1 aliphatic rings. The molecule has 0 aromatic rings. The van der Waals surface area contributed by atoms with E-state index in [0.29, 0.717) is 17.7 Å². The molecule has 0 heterocycles. The van der Waals surface area contributed by atoms with Crippen LogP contribution in [0.1, 0.15) is 6.42 Å². The van der Waals surface area contributed by atoms with E-state index >= 15 is 0 Å². The maximum atomic E-state index is 8.83. The van der Waals surface area contributed by atoms with Gasteiger partial charge < -0.3 is 15.6 Å². The van der Waals surface area contributed by atoms with E-state index in [0.717, 1.165) is 0 Å². The Kier molecular flexibility index (Phi) is 2.52. The van der Waals surface area contributed by atoms with Crippen molar-refractivity contribution in [1.82, 2.24) is 0 Å². The summed E-state index contributed by atoms with van der Waals surface area (Å²) >= 11 is 0. The Bertz CT molecular complexity index is 235. The van der Waals surface area contributed by atoms with Crippen molar-refractivity contribution < 1.29 is 9.84 Å². The summed E-state index contributed by atoms with van der Waals surface area (Å²) in [5, 5.41) is 8.83. The van der Waals surface area contributed by atoms with Crippen molar-refractivity contribution in [1.29, 1.82) is 0 Å². The molecule has 5 N–H and O–H groups in total. The van der Waals surface area contributed by atoms with Crippen molar-refractivity contribution in [3.05, 3.63) is 23.4 Å². The van der Waals surface area contributed by atoms with Crippen LogP contribution in [0.5, 0.6) is 0 Å². The third-order valence-electron chi connectivity index (χ3n) is 2.00. The van der Waals surface area contributed by atoms with Gasteiger partial charge in [0.25, 0.3) is 0 Å². The van der Waals surface area contributed by atoms with Crippen molar-refractivity contribution in [2.24, 2.45) is 11.5 Å². The second-order valence-corrected chi connectivity index (χ2v) is 2.88. The van der Waals surface area contributed by atoms with E-state index in [1.165, 1.54) is 7.11 Å². The number of ether oxygens (including phenoxy) is 1. The smallest absolute Gasteiger partial charge is 0.141 e. The Morgan fingerprint density at radius 1 is 1.75 bits per heavy atom. The molecule has 1 aliphatic carbocycles. The topological polar surface area (TPSA) is 81.5 Å². The normalized spacial score (nSPS) is 29.6. The highest BCUT2D eigenvalue weighted by atomic mass is 16.5. The monoisotopic (exact) mass is 170 g/mol. The van der Waals surface area contributed by atoms with Crippen molar-refractivity contribution in [2.45, 2.75) is 12.1 Å². The summed E-state index contributed by atoms with van der Waals surface area (Å²) in [5.41, 5.74) is 11.9. The molecule has 1 rings (SSSR count). The number of aliphatic hydroxyl groups is 1. The lowest BCUT2D eigenvalue weighted by atomic mass is 9.97. The molecule has 4 nitrogen and oxygen atoms in total. The Hall–Kier alpha value is -0.840. The van der Waals surface area contributed by atoms with Gasteiger partial charge in [0.05, 0.1) is 6.61 Å². The fourth-order valence-electron chi connectivity index (χ4n) is 1.11.